The molecule has 100 valence electrons. The molecule has 2 heteroatoms. The molecule has 6 aliphatic rings. The Balaban J connectivity index is 0.000000111. The Kier molecular flexibility index (Phi) is 3.56. The van der Waals surface area contributed by atoms with Crippen molar-refractivity contribution in [3.63, 3.8) is 0 Å². The van der Waals surface area contributed by atoms with E-state index in [4.69, 9.17) is 0 Å². The Hall–Kier alpha value is -0.630. The van der Waals surface area contributed by atoms with Crippen LogP contribution < -0.4 is 0 Å². The van der Waals surface area contributed by atoms with Gasteiger partial charge in [-0.15, -0.1) is 0 Å². The number of hydrogen-bond acceptors (Lipinski definition) is 2. The Morgan fingerprint density at radius 2 is 1.78 bits per heavy atom. The van der Waals surface area contributed by atoms with E-state index >= 15 is 0 Å². The van der Waals surface area contributed by atoms with E-state index in [-0.39, 0.29) is 6.10 Å². The number of carbonyl (C=O) groups is 1. The van der Waals surface area contributed by atoms with Crippen LogP contribution in [0.25, 0.3) is 0 Å². The average molecular weight is 248 g/mol. The molecule has 6 aliphatic carbocycles. The van der Waals surface area contributed by atoms with E-state index in [9.17, 15) is 9.90 Å². The Bertz CT molecular complexity index is 339. The number of ketones is 1. The Labute approximate surface area is 109 Å². The van der Waals surface area contributed by atoms with Crippen molar-refractivity contribution in [3.05, 3.63) is 12.2 Å². The molecule has 0 radical (unpaired) electrons. The second kappa shape index (κ2) is 5.16. The highest BCUT2D eigenvalue weighted by atomic mass is 16.3. The van der Waals surface area contributed by atoms with Crippen LogP contribution in [0, 0.1) is 23.7 Å². The first-order valence-electron chi connectivity index (χ1n) is 7.61. The third-order valence-corrected chi connectivity index (χ3v) is 5.35. The zero-order valence-corrected chi connectivity index (χ0v) is 11.1. The van der Waals surface area contributed by atoms with Crippen LogP contribution in [0.1, 0.15) is 51.4 Å². The highest BCUT2D eigenvalue weighted by Crippen LogP contribution is 2.40. The van der Waals surface area contributed by atoms with Gasteiger partial charge in [0.1, 0.15) is 5.78 Å². The predicted octanol–water partition coefficient (Wildman–Crippen LogP) is 3.10. The van der Waals surface area contributed by atoms with Gasteiger partial charge in [-0.05, 0) is 62.7 Å². The Morgan fingerprint density at radius 1 is 1.00 bits per heavy atom. The van der Waals surface area contributed by atoms with Crippen LogP contribution in [0.5, 0.6) is 0 Å². The van der Waals surface area contributed by atoms with Gasteiger partial charge >= 0.3 is 0 Å². The third kappa shape index (κ3) is 2.54. The first kappa shape index (κ1) is 12.4. The highest BCUT2D eigenvalue weighted by Gasteiger charge is 2.34. The van der Waals surface area contributed by atoms with E-state index in [1.54, 1.807) is 0 Å². The first-order valence-corrected chi connectivity index (χ1v) is 7.61. The number of hydrogen-bond donors (Lipinski definition) is 1. The van der Waals surface area contributed by atoms with Gasteiger partial charge < -0.3 is 5.11 Å². The standard InChI is InChI=1S/C8H14O.C8H10O/c2*9-8-5-6-1-3-7(8)4-2-6/h6-9H,1-5H2;1,3,6-7H,2,4-5H2. The zero-order valence-electron chi connectivity index (χ0n) is 11.1. The molecule has 0 aliphatic heterocycles. The normalized spacial score (nSPS) is 44.7. The van der Waals surface area contributed by atoms with Gasteiger partial charge in [0.05, 0.1) is 6.10 Å². The number of aliphatic hydroxyl groups excluding tert-OH is 1. The van der Waals surface area contributed by atoms with Crippen LogP contribution in [0.4, 0.5) is 0 Å². The van der Waals surface area contributed by atoms with Gasteiger partial charge in [0.25, 0.3) is 0 Å². The van der Waals surface area contributed by atoms with Crippen molar-refractivity contribution in [1.29, 1.82) is 0 Å². The molecule has 3 atom stereocenters. The molecule has 0 aromatic heterocycles. The number of Topliss-reactive ketones (excluding diaryl/α,β-unsaturated/α-hetero) is 1. The van der Waals surface area contributed by atoms with Crippen molar-refractivity contribution in [2.75, 3.05) is 0 Å². The molecule has 4 fully saturated rings. The highest BCUT2D eigenvalue weighted by molar-refractivity contribution is 5.85. The number of aliphatic hydroxyl groups is 1. The van der Waals surface area contributed by atoms with E-state index in [1.807, 2.05) is 0 Å². The van der Waals surface area contributed by atoms with E-state index in [0.29, 0.717) is 23.5 Å². The summed E-state index contributed by atoms with van der Waals surface area (Å²) in [7, 11) is 0. The molecule has 4 bridgehead atoms. The molecule has 0 aromatic rings. The van der Waals surface area contributed by atoms with Crippen LogP contribution in [0.3, 0.4) is 0 Å². The zero-order chi connectivity index (χ0) is 12.5. The van der Waals surface area contributed by atoms with E-state index < -0.39 is 0 Å². The lowest BCUT2D eigenvalue weighted by atomic mass is 9.69. The summed E-state index contributed by atoms with van der Waals surface area (Å²) in [6.45, 7) is 0. The van der Waals surface area contributed by atoms with E-state index in [2.05, 4.69) is 12.2 Å². The van der Waals surface area contributed by atoms with Crippen LogP contribution in [-0.4, -0.2) is 17.0 Å². The van der Waals surface area contributed by atoms with Gasteiger partial charge in [-0.3, -0.25) is 4.79 Å². The van der Waals surface area contributed by atoms with Gasteiger partial charge in [-0.2, -0.15) is 0 Å². The van der Waals surface area contributed by atoms with Gasteiger partial charge in [0.2, 0.25) is 0 Å². The maximum atomic E-state index is 11.0. The Morgan fingerprint density at radius 3 is 2.00 bits per heavy atom. The van der Waals surface area contributed by atoms with Gasteiger partial charge in [-0.1, -0.05) is 12.2 Å². The number of allylic oxidation sites excluding steroid dienone is 2. The van der Waals surface area contributed by atoms with Gasteiger partial charge in [0.15, 0.2) is 0 Å². The largest absolute Gasteiger partial charge is 0.393 e. The van der Waals surface area contributed by atoms with Crippen molar-refractivity contribution < 1.29 is 9.90 Å². The minimum absolute atomic E-state index is 0.0671. The molecule has 4 saturated carbocycles. The summed E-state index contributed by atoms with van der Waals surface area (Å²) in [6.07, 6.45) is 14.0. The molecule has 0 spiro atoms. The molecule has 0 amide bonds. The molecular weight excluding hydrogens is 224 g/mol. The van der Waals surface area contributed by atoms with Crippen molar-refractivity contribution in [3.8, 4) is 0 Å². The monoisotopic (exact) mass is 248 g/mol. The maximum Gasteiger partial charge on any atom is 0.140 e. The number of carbonyl (C=O) groups excluding carboxylic acids is 1. The van der Waals surface area contributed by atoms with Crippen molar-refractivity contribution in [2.24, 2.45) is 23.7 Å². The lowest BCUT2D eigenvalue weighted by Gasteiger charge is -2.39. The quantitative estimate of drug-likeness (QED) is 0.669. The fraction of sp³-hybridized carbons (Fsp3) is 0.812. The summed E-state index contributed by atoms with van der Waals surface area (Å²) in [5.74, 6) is 2.92. The number of fused-ring (bicyclic) bond motifs is 5. The second-order valence-corrected chi connectivity index (χ2v) is 6.58. The van der Waals surface area contributed by atoms with Crippen molar-refractivity contribution >= 4 is 5.78 Å². The van der Waals surface area contributed by atoms with Crippen LogP contribution in [-0.2, 0) is 4.79 Å². The summed E-state index contributed by atoms with van der Waals surface area (Å²) in [5.41, 5.74) is 0. The predicted molar refractivity (Wildman–Crippen MR) is 71.0 cm³/mol. The fourth-order valence-corrected chi connectivity index (χ4v) is 4.07. The molecule has 0 saturated heterocycles. The lowest BCUT2D eigenvalue weighted by molar-refractivity contribution is -0.124. The summed E-state index contributed by atoms with van der Waals surface area (Å²) < 4.78 is 0. The van der Waals surface area contributed by atoms with Gasteiger partial charge in [-0.25, -0.2) is 0 Å². The molecule has 0 aromatic carbocycles. The van der Waals surface area contributed by atoms with E-state index in [1.165, 1.54) is 32.1 Å². The van der Waals surface area contributed by atoms with Crippen molar-refractivity contribution in [2.45, 2.75) is 57.5 Å². The van der Waals surface area contributed by atoms with Crippen LogP contribution >= 0.6 is 0 Å². The fourth-order valence-electron chi connectivity index (χ4n) is 4.07. The maximum absolute atomic E-state index is 11.0. The topological polar surface area (TPSA) is 37.3 Å². The van der Waals surface area contributed by atoms with Gasteiger partial charge in [0, 0.05) is 12.3 Å². The molecule has 18 heavy (non-hydrogen) atoms. The lowest BCUT2D eigenvalue weighted by Crippen LogP contribution is -2.34. The minimum atomic E-state index is 0.0671. The van der Waals surface area contributed by atoms with E-state index in [0.717, 1.165) is 25.2 Å². The molecule has 3 unspecified atom stereocenters. The van der Waals surface area contributed by atoms with Crippen LogP contribution in [0.2, 0.25) is 0 Å². The SMILES string of the molecule is O=C1CC2C=CC1CC2.OC1CC2CCC1CC2. The smallest absolute Gasteiger partial charge is 0.140 e. The first-order chi connectivity index (χ1) is 8.72. The minimum Gasteiger partial charge on any atom is -0.393 e. The second-order valence-electron chi connectivity index (χ2n) is 6.58. The summed E-state index contributed by atoms with van der Waals surface area (Å²) in [6, 6.07) is 0. The molecule has 6 rings (SSSR count). The summed E-state index contributed by atoms with van der Waals surface area (Å²) in [5, 5.41) is 9.40. The summed E-state index contributed by atoms with van der Waals surface area (Å²) >= 11 is 0. The van der Waals surface area contributed by atoms with Crippen LogP contribution in [0.15, 0.2) is 12.2 Å². The molecular formula is C16H24O2. The van der Waals surface area contributed by atoms with Crippen molar-refractivity contribution in [1.82, 2.24) is 0 Å². The number of rotatable bonds is 0. The average Bonchev–Trinajstić information content (AvgIpc) is 2.41. The molecule has 2 nitrogen and oxygen atoms in total. The molecule has 0 heterocycles. The molecule has 1 N–H and O–H groups in total. The third-order valence-electron chi connectivity index (χ3n) is 5.35. The summed E-state index contributed by atoms with van der Waals surface area (Å²) in [4.78, 5) is 11.0.